The average Bonchev–Trinajstić information content (AvgIpc) is 2.48. The first-order chi connectivity index (χ1) is 9.85. The topological polar surface area (TPSA) is 66.6 Å². The lowest BCUT2D eigenvalue weighted by atomic mass is 10.0. The van der Waals surface area contributed by atoms with Crippen molar-refractivity contribution in [3.63, 3.8) is 0 Å². The quantitative estimate of drug-likeness (QED) is 0.876. The Bertz CT molecular complexity index is 550. The molecular weight excluding hydrogens is 286 g/mol. The third-order valence-electron chi connectivity index (χ3n) is 4.18. The lowest BCUT2D eigenvalue weighted by molar-refractivity contribution is 0.0849. The van der Waals surface area contributed by atoms with E-state index >= 15 is 0 Å². The van der Waals surface area contributed by atoms with Crippen molar-refractivity contribution in [3.05, 3.63) is 35.9 Å². The number of nitrogens with two attached hydrogens (primary N) is 1. The lowest BCUT2D eigenvalue weighted by Crippen LogP contribution is -2.58. The van der Waals surface area contributed by atoms with Gasteiger partial charge in [0.1, 0.15) is 0 Å². The first kappa shape index (κ1) is 16.4. The smallest absolute Gasteiger partial charge is 0.218 e. The average molecular weight is 311 g/mol. The Balaban J connectivity index is 1.98. The maximum atomic E-state index is 12.5. The van der Waals surface area contributed by atoms with E-state index in [0.717, 1.165) is 18.7 Å². The van der Waals surface area contributed by atoms with Gasteiger partial charge in [0.2, 0.25) is 10.0 Å². The molecule has 0 bridgehead atoms. The van der Waals surface area contributed by atoms with Crippen LogP contribution in [0.15, 0.2) is 30.3 Å². The van der Waals surface area contributed by atoms with Crippen LogP contribution >= 0.6 is 0 Å². The second-order valence-corrected chi connectivity index (χ2v) is 8.11. The molecule has 0 spiro atoms. The zero-order valence-electron chi connectivity index (χ0n) is 12.8. The largest absolute Gasteiger partial charge is 0.329 e. The lowest BCUT2D eigenvalue weighted by Gasteiger charge is -2.43. The summed E-state index contributed by atoms with van der Waals surface area (Å²) in [7, 11) is -3.24. The molecule has 1 saturated heterocycles. The fourth-order valence-electron chi connectivity index (χ4n) is 2.58. The Morgan fingerprint density at radius 3 is 2.19 bits per heavy atom. The van der Waals surface area contributed by atoms with E-state index in [1.54, 1.807) is 4.31 Å². The number of hydrogen-bond donors (Lipinski definition) is 1. The van der Waals surface area contributed by atoms with Crippen LogP contribution in [0.4, 0.5) is 0 Å². The van der Waals surface area contributed by atoms with Gasteiger partial charge in [-0.15, -0.1) is 0 Å². The van der Waals surface area contributed by atoms with Gasteiger partial charge in [0.05, 0.1) is 5.75 Å². The summed E-state index contributed by atoms with van der Waals surface area (Å²) in [5.74, 6) is 0.0775. The molecule has 1 aromatic carbocycles. The summed E-state index contributed by atoms with van der Waals surface area (Å²) in [5.41, 5.74) is 6.55. The maximum Gasteiger partial charge on any atom is 0.218 e. The van der Waals surface area contributed by atoms with Crippen molar-refractivity contribution in [2.24, 2.45) is 5.73 Å². The molecule has 2 N–H and O–H groups in total. The second-order valence-electron chi connectivity index (χ2n) is 6.14. The Hall–Kier alpha value is -0.950. The van der Waals surface area contributed by atoms with E-state index in [1.165, 1.54) is 0 Å². The van der Waals surface area contributed by atoms with Gasteiger partial charge < -0.3 is 5.73 Å². The highest BCUT2D eigenvalue weighted by molar-refractivity contribution is 7.88. The highest BCUT2D eigenvalue weighted by Gasteiger charge is 2.32. The van der Waals surface area contributed by atoms with Gasteiger partial charge in [0, 0.05) is 38.3 Å². The predicted octanol–water partition coefficient (Wildman–Crippen LogP) is 0.871. The molecule has 1 aromatic rings. The molecule has 0 aromatic heterocycles. The van der Waals surface area contributed by atoms with Gasteiger partial charge >= 0.3 is 0 Å². The molecule has 1 heterocycles. The summed E-state index contributed by atoms with van der Waals surface area (Å²) >= 11 is 0. The zero-order chi connectivity index (χ0) is 15.5. The first-order valence-electron chi connectivity index (χ1n) is 7.32. The minimum atomic E-state index is -3.24. The van der Waals surface area contributed by atoms with Crippen molar-refractivity contribution in [2.45, 2.75) is 25.1 Å². The van der Waals surface area contributed by atoms with Gasteiger partial charge in [-0.2, -0.15) is 4.31 Å². The van der Waals surface area contributed by atoms with Crippen LogP contribution in [0.3, 0.4) is 0 Å². The molecule has 0 amide bonds. The van der Waals surface area contributed by atoms with Crippen molar-refractivity contribution in [1.29, 1.82) is 0 Å². The predicted molar refractivity (Wildman–Crippen MR) is 85.3 cm³/mol. The molecule has 5 nitrogen and oxygen atoms in total. The van der Waals surface area contributed by atoms with Gasteiger partial charge in [-0.3, -0.25) is 4.90 Å². The third kappa shape index (κ3) is 4.03. The highest BCUT2D eigenvalue weighted by atomic mass is 32.2. The first-order valence-corrected chi connectivity index (χ1v) is 8.93. The summed E-state index contributed by atoms with van der Waals surface area (Å²) in [4.78, 5) is 2.27. The molecule has 2 rings (SSSR count). The Morgan fingerprint density at radius 2 is 1.67 bits per heavy atom. The van der Waals surface area contributed by atoms with Crippen molar-refractivity contribution < 1.29 is 8.42 Å². The van der Waals surface area contributed by atoms with Crippen LogP contribution in [0.2, 0.25) is 0 Å². The zero-order valence-corrected chi connectivity index (χ0v) is 13.6. The molecule has 1 aliphatic heterocycles. The van der Waals surface area contributed by atoms with Gasteiger partial charge in [-0.1, -0.05) is 30.3 Å². The molecule has 6 heteroatoms. The molecule has 118 valence electrons. The normalized spacial score (nSPS) is 18.8. The Labute approximate surface area is 127 Å². The van der Waals surface area contributed by atoms with Gasteiger partial charge in [0.15, 0.2) is 0 Å². The third-order valence-corrected chi connectivity index (χ3v) is 6.03. The van der Waals surface area contributed by atoms with Crippen LogP contribution < -0.4 is 5.73 Å². The number of nitrogens with zero attached hydrogens (tertiary/aromatic N) is 2. The number of rotatable bonds is 5. The molecule has 0 unspecified atom stereocenters. The second kappa shape index (κ2) is 6.44. The van der Waals surface area contributed by atoms with E-state index in [4.69, 9.17) is 5.73 Å². The standard InChI is InChI=1S/C15H25N3O2S/c1-15(2,13-16)17-8-10-18(11-9-17)21(19,20)12-14-6-4-3-5-7-14/h3-7H,8-13,16H2,1-2H3. The summed E-state index contributed by atoms with van der Waals surface area (Å²) in [5, 5.41) is 0. The molecule has 0 saturated carbocycles. The molecule has 21 heavy (non-hydrogen) atoms. The number of piperazine rings is 1. The molecular formula is C15H25N3O2S. The maximum absolute atomic E-state index is 12.5. The van der Waals surface area contributed by atoms with Crippen molar-refractivity contribution in [3.8, 4) is 0 Å². The summed E-state index contributed by atoms with van der Waals surface area (Å²) in [6.45, 7) is 7.32. The van der Waals surface area contributed by atoms with Crippen LogP contribution in [0.5, 0.6) is 0 Å². The molecule has 0 radical (unpaired) electrons. The van der Waals surface area contributed by atoms with Crippen molar-refractivity contribution in [2.75, 3.05) is 32.7 Å². The SMILES string of the molecule is CC(C)(CN)N1CCN(S(=O)(=O)Cc2ccccc2)CC1. The van der Waals surface area contributed by atoms with E-state index < -0.39 is 10.0 Å². The monoisotopic (exact) mass is 311 g/mol. The molecule has 0 aliphatic carbocycles. The molecule has 0 atom stereocenters. The summed E-state index contributed by atoms with van der Waals surface area (Å²) in [6, 6.07) is 9.33. The van der Waals surface area contributed by atoms with Crippen LogP contribution in [-0.4, -0.2) is 55.9 Å². The van der Waals surface area contributed by atoms with E-state index in [-0.39, 0.29) is 11.3 Å². The van der Waals surface area contributed by atoms with Crippen LogP contribution in [0.1, 0.15) is 19.4 Å². The fourth-order valence-corrected chi connectivity index (χ4v) is 4.09. The van der Waals surface area contributed by atoms with E-state index in [0.29, 0.717) is 19.6 Å². The van der Waals surface area contributed by atoms with E-state index in [9.17, 15) is 8.42 Å². The van der Waals surface area contributed by atoms with Gasteiger partial charge in [-0.05, 0) is 19.4 Å². The van der Waals surface area contributed by atoms with E-state index in [2.05, 4.69) is 18.7 Å². The fraction of sp³-hybridized carbons (Fsp3) is 0.600. The Morgan fingerprint density at radius 1 is 1.10 bits per heavy atom. The number of benzene rings is 1. The van der Waals surface area contributed by atoms with Crippen LogP contribution in [-0.2, 0) is 15.8 Å². The number of sulfonamides is 1. The van der Waals surface area contributed by atoms with E-state index in [1.807, 2.05) is 30.3 Å². The van der Waals surface area contributed by atoms with Gasteiger partial charge in [0.25, 0.3) is 0 Å². The molecule has 1 aliphatic rings. The summed E-state index contributed by atoms with van der Waals surface area (Å²) in [6.07, 6.45) is 0. The minimum absolute atomic E-state index is 0.0741. The van der Waals surface area contributed by atoms with Crippen molar-refractivity contribution in [1.82, 2.24) is 9.21 Å². The van der Waals surface area contributed by atoms with Crippen LogP contribution in [0.25, 0.3) is 0 Å². The molecule has 1 fully saturated rings. The number of hydrogen-bond acceptors (Lipinski definition) is 4. The highest BCUT2D eigenvalue weighted by Crippen LogP contribution is 2.19. The Kier molecular flexibility index (Phi) is 5.03. The van der Waals surface area contributed by atoms with Crippen LogP contribution in [0, 0.1) is 0 Å². The van der Waals surface area contributed by atoms with Gasteiger partial charge in [-0.25, -0.2) is 8.42 Å². The summed E-state index contributed by atoms with van der Waals surface area (Å²) < 4.78 is 26.5. The minimum Gasteiger partial charge on any atom is -0.329 e. The van der Waals surface area contributed by atoms with Crippen molar-refractivity contribution >= 4 is 10.0 Å².